The van der Waals surface area contributed by atoms with Crippen LogP contribution in [0.15, 0.2) is 77.9 Å². The molecule has 0 aliphatic carbocycles. The molecule has 0 aromatic heterocycles. The summed E-state index contributed by atoms with van der Waals surface area (Å²) in [4.78, 5) is 12.5. The second-order valence-electron chi connectivity index (χ2n) is 4.69. The lowest BCUT2D eigenvalue weighted by Gasteiger charge is -2.26. The van der Waals surface area contributed by atoms with E-state index >= 15 is 0 Å². The molecule has 0 fully saturated rings. The van der Waals surface area contributed by atoms with Crippen LogP contribution in [0.4, 0.5) is 0 Å². The van der Waals surface area contributed by atoms with E-state index in [1.807, 2.05) is 19.1 Å². The first-order valence-electron chi connectivity index (χ1n) is 6.97. The molecule has 0 heterocycles. The number of hydrogen-bond acceptors (Lipinski definition) is 3. The predicted octanol–water partition coefficient (Wildman–Crippen LogP) is 2.60. The number of hydrazone groups is 1. The molecule has 0 bridgehead atoms. The summed E-state index contributed by atoms with van der Waals surface area (Å²) in [7, 11) is 0. The zero-order valence-electron chi connectivity index (χ0n) is 12.3. The van der Waals surface area contributed by atoms with Gasteiger partial charge in [-0.05, 0) is 24.1 Å². The van der Waals surface area contributed by atoms with E-state index < -0.39 is 11.5 Å². The Morgan fingerprint density at radius 1 is 1.05 bits per heavy atom. The third kappa shape index (κ3) is 3.30. The van der Waals surface area contributed by atoms with Crippen LogP contribution in [0.25, 0.3) is 0 Å². The maximum atomic E-state index is 12.5. The summed E-state index contributed by atoms with van der Waals surface area (Å²) in [5.74, 6) is -0.606. The van der Waals surface area contributed by atoms with Crippen molar-refractivity contribution in [2.75, 3.05) is 0 Å². The molecule has 0 unspecified atom stereocenters. The van der Waals surface area contributed by atoms with Gasteiger partial charge in [-0.2, -0.15) is 5.10 Å². The van der Waals surface area contributed by atoms with Gasteiger partial charge in [0.2, 0.25) is 0 Å². The fourth-order valence-corrected chi connectivity index (χ4v) is 2.09. The molecule has 2 N–H and O–H groups in total. The number of hydrogen-bond donors (Lipinski definition) is 2. The number of carbonyl (C=O) groups is 1. The number of aliphatic hydroxyl groups is 1. The monoisotopic (exact) mass is 294 g/mol. The van der Waals surface area contributed by atoms with E-state index in [1.54, 1.807) is 60.7 Å². The van der Waals surface area contributed by atoms with Crippen LogP contribution < -0.4 is 5.43 Å². The molecule has 2 aromatic carbocycles. The van der Waals surface area contributed by atoms with E-state index in [0.29, 0.717) is 11.1 Å². The van der Waals surface area contributed by atoms with Crippen LogP contribution in [0.3, 0.4) is 0 Å². The van der Waals surface area contributed by atoms with Gasteiger partial charge in [0.1, 0.15) is 0 Å². The van der Waals surface area contributed by atoms with E-state index in [4.69, 9.17) is 0 Å². The standard InChI is InChI=1S/C18H18N2O2/c1-2-3-14-19-20-17(21)18(22,15-10-6-4-7-11-15)16-12-8-5-9-13-16/h2-14,22H,1H3,(H,20,21)/b3-2+,19-14+. The topological polar surface area (TPSA) is 61.7 Å². The second-order valence-corrected chi connectivity index (χ2v) is 4.69. The normalized spacial score (nSPS) is 11.9. The van der Waals surface area contributed by atoms with Gasteiger partial charge in [0.15, 0.2) is 5.60 Å². The van der Waals surface area contributed by atoms with E-state index in [2.05, 4.69) is 10.5 Å². The lowest BCUT2D eigenvalue weighted by molar-refractivity contribution is -0.136. The van der Waals surface area contributed by atoms with Gasteiger partial charge in [-0.15, -0.1) is 0 Å². The Morgan fingerprint density at radius 3 is 2.00 bits per heavy atom. The second kappa shape index (κ2) is 7.33. The maximum Gasteiger partial charge on any atom is 0.281 e. The van der Waals surface area contributed by atoms with Gasteiger partial charge >= 0.3 is 0 Å². The first-order chi connectivity index (χ1) is 10.7. The minimum atomic E-state index is -1.80. The number of allylic oxidation sites excluding steroid dienone is 2. The molecule has 0 spiro atoms. The summed E-state index contributed by atoms with van der Waals surface area (Å²) in [6.07, 6.45) is 4.93. The zero-order valence-corrected chi connectivity index (χ0v) is 12.3. The highest BCUT2D eigenvalue weighted by atomic mass is 16.3. The van der Waals surface area contributed by atoms with Gasteiger partial charge in [-0.3, -0.25) is 4.79 Å². The van der Waals surface area contributed by atoms with Crippen molar-refractivity contribution in [2.24, 2.45) is 5.10 Å². The van der Waals surface area contributed by atoms with Crippen molar-refractivity contribution in [2.45, 2.75) is 12.5 Å². The zero-order chi connectivity index (χ0) is 15.8. The predicted molar refractivity (Wildman–Crippen MR) is 87.3 cm³/mol. The summed E-state index contributed by atoms with van der Waals surface area (Å²) < 4.78 is 0. The van der Waals surface area contributed by atoms with Crippen LogP contribution in [0.2, 0.25) is 0 Å². The molecule has 0 saturated heterocycles. The van der Waals surface area contributed by atoms with Gasteiger partial charge in [-0.1, -0.05) is 66.7 Å². The van der Waals surface area contributed by atoms with Gasteiger partial charge in [0.25, 0.3) is 5.91 Å². The smallest absolute Gasteiger partial charge is 0.281 e. The molecule has 0 aliphatic heterocycles. The van der Waals surface area contributed by atoms with Crippen molar-refractivity contribution in [3.8, 4) is 0 Å². The Bertz CT molecular complexity index is 625. The third-order valence-corrected chi connectivity index (χ3v) is 3.23. The van der Waals surface area contributed by atoms with E-state index in [0.717, 1.165) is 0 Å². The molecular formula is C18H18N2O2. The number of nitrogens with zero attached hydrogens (tertiary/aromatic N) is 1. The van der Waals surface area contributed by atoms with Crippen LogP contribution in [0, 0.1) is 0 Å². The van der Waals surface area contributed by atoms with Crippen LogP contribution in [0.1, 0.15) is 18.1 Å². The molecule has 4 heteroatoms. The maximum absolute atomic E-state index is 12.5. The average Bonchev–Trinajstić information content (AvgIpc) is 2.59. The Balaban J connectivity index is 2.40. The fourth-order valence-electron chi connectivity index (χ4n) is 2.09. The van der Waals surface area contributed by atoms with Gasteiger partial charge < -0.3 is 5.11 Å². The summed E-state index contributed by atoms with van der Waals surface area (Å²) in [5, 5.41) is 14.9. The lowest BCUT2D eigenvalue weighted by atomic mass is 9.85. The molecular weight excluding hydrogens is 276 g/mol. The first-order valence-corrected chi connectivity index (χ1v) is 6.97. The Labute approximate surface area is 129 Å². The van der Waals surface area contributed by atoms with Crippen molar-refractivity contribution in [3.63, 3.8) is 0 Å². The Kier molecular flexibility index (Phi) is 5.22. The molecule has 22 heavy (non-hydrogen) atoms. The highest BCUT2D eigenvalue weighted by Crippen LogP contribution is 2.29. The highest BCUT2D eigenvalue weighted by molar-refractivity contribution is 5.90. The largest absolute Gasteiger partial charge is 0.372 e. The van der Waals surface area contributed by atoms with Crippen LogP contribution in [-0.2, 0) is 10.4 Å². The minimum absolute atomic E-state index is 0.486. The van der Waals surface area contributed by atoms with Gasteiger partial charge in [0, 0.05) is 6.21 Å². The van der Waals surface area contributed by atoms with Crippen molar-refractivity contribution < 1.29 is 9.90 Å². The van der Waals surface area contributed by atoms with Crippen molar-refractivity contribution in [1.82, 2.24) is 5.43 Å². The summed E-state index contributed by atoms with van der Waals surface area (Å²) in [6.45, 7) is 1.85. The first kappa shape index (κ1) is 15.7. The molecule has 0 radical (unpaired) electrons. The van der Waals surface area contributed by atoms with Gasteiger partial charge in [0.05, 0.1) is 0 Å². The Morgan fingerprint density at radius 2 is 1.55 bits per heavy atom. The van der Waals surface area contributed by atoms with Crippen LogP contribution in [-0.4, -0.2) is 17.2 Å². The average molecular weight is 294 g/mol. The lowest BCUT2D eigenvalue weighted by Crippen LogP contribution is -2.43. The molecule has 0 aliphatic rings. The number of amides is 1. The molecule has 0 atom stereocenters. The van der Waals surface area contributed by atoms with Crippen molar-refractivity contribution in [3.05, 3.63) is 83.9 Å². The third-order valence-electron chi connectivity index (χ3n) is 3.23. The molecule has 1 amide bonds. The summed E-state index contributed by atoms with van der Waals surface area (Å²) >= 11 is 0. The quantitative estimate of drug-likeness (QED) is 0.657. The van der Waals surface area contributed by atoms with Gasteiger partial charge in [-0.25, -0.2) is 5.43 Å². The minimum Gasteiger partial charge on any atom is -0.372 e. The molecule has 4 nitrogen and oxygen atoms in total. The molecule has 112 valence electrons. The summed E-state index contributed by atoms with van der Waals surface area (Å²) in [6, 6.07) is 17.6. The molecule has 2 rings (SSSR count). The number of benzene rings is 2. The van der Waals surface area contributed by atoms with E-state index in [-0.39, 0.29) is 0 Å². The molecule has 2 aromatic rings. The van der Waals surface area contributed by atoms with E-state index in [1.165, 1.54) is 6.21 Å². The number of carbonyl (C=O) groups excluding carboxylic acids is 1. The number of rotatable bonds is 5. The van der Waals surface area contributed by atoms with E-state index in [9.17, 15) is 9.90 Å². The summed E-state index contributed by atoms with van der Waals surface area (Å²) in [5.41, 5.74) is 1.56. The van der Waals surface area contributed by atoms with Crippen molar-refractivity contribution >= 4 is 12.1 Å². The Hall–Kier alpha value is -2.72. The SMILES string of the molecule is C/C=C/C=N/NC(=O)C(O)(c1ccccc1)c1ccccc1. The molecule has 0 saturated carbocycles. The highest BCUT2D eigenvalue weighted by Gasteiger charge is 2.39. The van der Waals surface area contributed by atoms with Crippen LogP contribution in [0.5, 0.6) is 0 Å². The number of nitrogens with one attached hydrogen (secondary N) is 1. The van der Waals surface area contributed by atoms with Crippen LogP contribution >= 0.6 is 0 Å². The van der Waals surface area contributed by atoms with Crippen molar-refractivity contribution in [1.29, 1.82) is 0 Å². The fraction of sp³-hybridized carbons (Fsp3) is 0.111.